The van der Waals surface area contributed by atoms with Crippen LogP contribution in [0, 0.1) is 18.8 Å². The van der Waals surface area contributed by atoms with Crippen molar-refractivity contribution in [2.75, 3.05) is 0 Å². The number of nitrogens with one attached hydrogen (secondary N) is 1. The Labute approximate surface area is 167 Å². The monoisotopic (exact) mass is 399 g/mol. The molecule has 1 N–H and O–H groups in total. The summed E-state index contributed by atoms with van der Waals surface area (Å²) in [5.74, 6) is 5.42. The molecule has 0 aliphatic rings. The molecule has 0 saturated carbocycles. The standard InChI is InChI=1S/C22H25NO4S/c1-16-6-8-18(9-7-16)10-11-19-12-14-20(15-13-19)28(25,26)23-17(2)21(24)27-22(3,4)5/h6-9,12-15,17,23H,1-5H3/t17-/m1/s1. The van der Waals surface area contributed by atoms with Gasteiger partial charge in [-0.2, -0.15) is 4.72 Å². The van der Waals surface area contributed by atoms with Crippen LogP contribution in [0.25, 0.3) is 0 Å². The fraction of sp³-hybridized carbons (Fsp3) is 0.318. The van der Waals surface area contributed by atoms with E-state index in [4.69, 9.17) is 4.74 Å². The lowest BCUT2D eigenvalue weighted by Gasteiger charge is -2.22. The van der Waals surface area contributed by atoms with Gasteiger partial charge in [0.15, 0.2) is 0 Å². The molecule has 6 heteroatoms. The van der Waals surface area contributed by atoms with E-state index in [1.165, 1.54) is 19.1 Å². The Morgan fingerprint density at radius 1 is 0.964 bits per heavy atom. The van der Waals surface area contributed by atoms with E-state index in [9.17, 15) is 13.2 Å². The highest BCUT2D eigenvalue weighted by Crippen LogP contribution is 2.13. The molecule has 0 fully saturated rings. The molecule has 0 radical (unpaired) electrons. The molecular formula is C22H25NO4S. The lowest BCUT2D eigenvalue weighted by molar-refractivity contribution is -0.156. The molecule has 0 aliphatic heterocycles. The summed E-state index contributed by atoms with van der Waals surface area (Å²) in [6.45, 7) is 8.63. The molecule has 1 atom stereocenters. The fourth-order valence-corrected chi connectivity index (χ4v) is 3.43. The lowest BCUT2D eigenvalue weighted by Crippen LogP contribution is -2.42. The summed E-state index contributed by atoms with van der Waals surface area (Å²) in [5, 5.41) is 0. The molecule has 2 rings (SSSR count). The molecule has 0 aromatic heterocycles. The van der Waals surface area contributed by atoms with Crippen molar-refractivity contribution in [1.29, 1.82) is 0 Å². The molecule has 28 heavy (non-hydrogen) atoms. The Morgan fingerprint density at radius 3 is 1.89 bits per heavy atom. The molecule has 0 amide bonds. The largest absolute Gasteiger partial charge is 0.459 e. The molecule has 0 unspecified atom stereocenters. The maximum Gasteiger partial charge on any atom is 0.324 e. The van der Waals surface area contributed by atoms with Crippen molar-refractivity contribution in [2.24, 2.45) is 0 Å². The highest BCUT2D eigenvalue weighted by molar-refractivity contribution is 7.89. The van der Waals surface area contributed by atoms with E-state index in [2.05, 4.69) is 16.6 Å². The maximum absolute atomic E-state index is 12.5. The van der Waals surface area contributed by atoms with Gasteiger partial charge in [-0.05, 0) is 71.0 Å². The lowest BCUT2D eigenvalue weighted by atomic mass is 10.1. The van der Waals surface area contributed by atoms with E-state index in [1.54, 1.807) is 32.9 Å². The summed E-state index contributed by atoms with van der Waals surface area (Å²) in [6.07, 6.45) is 0. The van der Waals surface area contributed by atoms with Crippen molar-refractivity contribution in [3.63, 3.8) is 0 Å². The summed E-state index contributed by atoms with van der Waals surface area (Å²) < 4.78 is 32.5. The molecule has 0 aliphatic carbocycles. The third kappa shape index (κ3) is 6.52. The molecule has 5 nitrogen and oxygen atoms in total. The molecule has 148 valence electrons. The first-order valence-corrected chi connectivity index (χ1v) is 10.4. The SMILES string of the molecule is Cc1ccc(C#Cc2ccc(S(=O)(=O)N[C@H](C)C(=O)OC(C)(C)C)cc2)cc1. The first kappa shape index (κ1) is 21.7. The van der Waals surface area contributed by atoms with Crippen LogP contribution < -0.4 is 4.72 Å². The zero-order chi connectivity index (χ0) is 20.9. The van der Waals surface area contributed by atoms with E-state index in [0.29, 0.717) is 5.56 Å². The molecule has 0 saturated heterocycles. The minimum absolute atomic E-state index is 0.0591. The number of ether oxygens (including phenoxy) is 1. The van der Waals surface area contributed by atoms with E-state index >= 15 is 0 Å². The van der Waals surface area contributed by atoms with Gasteiger partial charge < -0.3 is 4.74 Å². The van der Waals surface area contributed by atoms with E-state index < -0.39 is 27.6 Å². The van der Waals surface area contributed by atoms with Crippen LogP contribution in [0.1, 0.15) is 44.4 Å². The highest BCUT2D eigenvalue weighted by atomic mass is 32.2. The normalized spacial score (nSPS) is 12.6. The van der Waals surface area contributed by atoms with Crippen molar-refractivity contribution in [1.82, 2.24) is 4.72 Å². The zero-order valence-electron chi connectivity index (χ0n) is 16.7. The van der Waals surface area contributed by atoms with Crippen molar-refractivity contribution in [3.8, 4) is 11.8 Å². The quantitative estimate of drug-likeness (QED) is 0.632. The van der Waals surface area contributed by atoms with Crippen LogP contribution in [0.5, 0.6) is 0 Å². The van der Waals surface area contributed by atoms with Crippen molar-refractivity contribution in [3.05, 3.63) is 65.2 Å². The van der Waals surface area contributed by atoms with Crippen LogP contribution in [0.4, 0.5) is 0 Å². The van der Waals surface area contributed by atoms with E-state index in [-0.39, 0.29) is 4.90 Å². The van der Waals surface area contributed by atoms with Crippen molar-refractivity contribution < 1.29 is 17.9 Å². The minimum Gasteiger partial charge on any atom is -0.459 e. The Morgan fingerprint density at radius 2 is 1.43 bits per heavy atom. The number of sulfonamides is 1. The number of carbonyl (C=O) groups is 1. The average molecular weight is 400 g/mol. The summed E-state index contributed by atoms with van der Waals surface area (Å²) in [6, 6.07) is 13.0. The smallest absolute Gasteiger partial charge is 0.324 e. The second-order valence-corrected chi connectivity index (χ2v) is 9.23. The highest BCUT2D eigenvalue weighted by Gasteiger charge is 2.26. The molecule has 2 aromatic rings. The maximum atomic E-state index is 12.5. The van der Waals surface area contributed by atoms with Gasteiger partial charge >= 0.3 is 5.97 Å². The van der Waals surface area contributed by atoms with Crippen LogP contribution >= 0.6 is 0 Å². The van der Waals surface area contributed by atoms with Gasteiger partial charge in [-0.15, -0.1) is 0 Å². The Hall–Kier alpha value is -2.62. The van der Waals surface area contributed by atoms with Gasteiger partial charge in [0.1, 0.15) is 11.6 Å². The number of hydrogen-bond donors (Lipinski definition) is 1. The number of esters is 1. The predicted molar refractivity (Wildman–Crippen MR) is 109 cm³/mol. The second kappa shape index (κ2) is 8.59. The zero-order valence-corrected chi connectivity index (χ0v) is 17.6. The number of rotatable bonds is 4. The number of aryl methyl sites for hydroxylation is 1. The van der Waals surface area contributed by atoms with Gasteiger partial charge in [-0.1, -0.05) is 29.5 Å². The van der Waals surface area contributed by atoms with Crippen LogP contribution in [-0.4, -0.2) is 26.0 Å². The van der Waals surface area contributed by atoms with Crippen molar-refractivity contribution in [2.45, 2.75) is 51.2 Å². The number of benzene rings is 2. The minimum atomic E-state index is -3.85. The van der Waals surface area contributed by atoms with Crippen LogP contribution in [0.2, 0.25) is 0 Å². The molecule has 2 aromatic carbocycles. The van der Waals surface area contributed by atoms with Gasteiger partial charge in [0, 0.05) is 11.1 Å². The van der Waals surface area contributed by atoms with Gasteiger partial charge in [0.25, 0.3) is 0 Å². The Bertz CT molecular complexity index is 990. The van der Waals surface area contributed by atoms with Crippen LogP contribution in [0.15, 0.2) is 53.4 Å². The first-order valence-electron chi connectivity index (χ1n) is 8.90. The third-order valence-electron chi connectivity index (χ3n) is 3.66. The third-order valence-corrected chi connectivity index (χ3v) is 5.22. The second-order valence-electron chi connectivity index (χ2n) is 7.52. The first-order chi connectivity index (χ1) is 13.0. The number of carbonyl (C=O) groups excluding carboxylic acids is 1. The average Bonchev–Trinajstić information content (AvgIpc) is 2.60. The van der Waals surface area contributed by atoms with Gasteiger partial charge in [-0.3, -0.25) is 4.79 Å². The van der Waals surface area contributed by atoms with E-state index in [0.717, 1.165) is 11.1 Å². The Kier molecular flexibility index (Phi) is 6.65. The molecule has 0 heterocycles. The van der Waals surface area contributed by atoms with Gasteiger partial charge in [0.05, 0.1) is 4.90 Å². The van der Waals surface area contributed by atoms with Crippen molar-refractivity contribution >= 4 is 16.0 Å². The summed E-state index contributed by atoms with van der Waals surface area (Å²) in [4.78, 5) is 12.1. The molecular weight excluding hydrogens is 374 g/mol. The number of hydrogen-bond acceptors (Lipinski definition) is 4. The van der Waals surface area contributed by atoms with Crippen LogP contribution in [0.3, 0.4) is 0 Å². The van der Waals surface area contributed by atoms with Crippen LogP contribution in [-0.2, 0) is 19.6 Å². The summed E-state index contributed by atoms with van der Waals surface area (Å²) >= 11 is 0. The molecule has 0 bridgehead atoms. The van der Waals surface area contributed by atoms with E-state index in [1.807, 2.05) is 31.2 Å². The van der Waals surface area contributed by atoms with Gasteiger partial charge in [0.2, 0.25) is 10.0 Å². The van der Waals surface area contributed by atoms with Gasteiger partial charge in [-0.25, -0.2) is 8.42 Å². The summed E-state index contributed by atoms with van der Waals surface area (Å²) in [5.41, 5.74) is 2.05. The summed E-state index contributed by atoms with van der Waals surface area (Å²) in [7, 11) is -3.85. The Balaban J connectivity index is 2.09. The fourth-order valence-electron chi connectivity index (χ4n) is 2.24. The molecule has 0 spiro atoms. The topological polar surface area (TPSA) is 72.5 Å². The predicted octanol–water partition coefficient (Wildman–Crippen LogP) is 3.40.